The number of amides is 3. The predicted octanol–water partition coefficient (Wildman–Crippen LogP) is 2.63. The van der Waals surface area contributed by atoms with Crippen LogP contribution in [0.1, 0.15) is 23.2 Å². The number of fused-ring (bicyclic) bond motifs is 3. The van der Waals surface area contributed by atoms with Crippen molar-refractivity contribution < 1.29 is 23.2 Å². The number of nitrogens with two attached hydrogens (primary N) is 1. The Balaban J connectivity index is 1.71. The maximum absolute atomic E-state index is 14.1. The van der Waals surface area contributed by atoms with Gasteiger partial charge in [0.15, 0.2) is 4.87 Å². The fraction of sp³-hybridized carbons (Fsp3) is 0.167. The molecule has 9 heteroatoms. The number of halogens is 2. The van der Waals surface area contributed by atoms with Crippen LogP contribution in [0.5, 0.6) is 0 Å². The lowest BCUT2D eigenvalue weighted by atomic mass is 10.1. The van der Waals surface area contributed by atoms with Crippen LogP contribution < -0.4 is 16.0 Å². The second-order valence-electron chi connectivity index (χ2n) is 6.21. The van der Waals surface area contributed by atoms with E-state index >= 15 is 0 Å². The predicted molar refractivity (Wildman–Crippen MR) is 95.3 cm³/mol. The molecule has 3 amide bonds. The maximum Gasteiger partial charge on any atom is 0.261 e. The number of thioether (sulfide) groups is 1. The van der Waals surface area contributed by atoms with Crippen LogP contribution in [0.3, 0.4) is 0 Å². The minimum Gasteiger partial charge on any atom is -0.366 e. The molecule has 2 aliphatic rings. The highest BCUT2D eigenvalue weighted by molar-refractivity contribution is 8.02. The van der Waals surface area contributed by atoms with Crippen molar-refractivity contribution in [2.45, 2.75) is 22.6 Å². The monoisotopic (exact) mass is 389 g/mol. The molecule has 2 heterocycles. The lowest BCUT2D eigenvalue weighted by molar-refractivity contribution is -0.121. The molecule has 138 valence electrons. The highest BCUT2D eigenvalue weighted by Crippen LogP contribution is 2.56. The van der Waals surface area contributed by atoms with Crippen molar-refractivity contribution >= 4 is 40.9 Å². The van der Waals surface area contributed by atoms with Crippen molar-refractivity contribution in [3.05, 3.63) is 53.6 Å². The van der Waals surface area contributed by atoms with Crippen molar-refractivity contribution in [2.24, 2.45) is 5.73 Å². The topological polar surface area (TPSA) is 92.5 Å². The van der Waals surface area contributed by atoms with E-state index in [1.807, 2.05) is 0 Å². The van der Waals surface area contributed by atoms with E-state index in [0.29, 0.717) is 11.8 Å². The second-order valence-corrected chi connectivity index (χ2v) is 7.53. The van der Waals surface area contributed by atoms with E-state index in [4.69, 9.17) is 5.73 Å². The summed E-state index contributed by atoms with van der Waals surface area (Å²) in [6, 6.07) is 8.44. The fourth-order valence-corrected chi connectivity index (χ4v) is 4.77. The lowest BCUT2D eigenvalue weighted by Gasteiger charge is -2.29. The number of para-hydroxylation sites is 1. The van der Waals surface area contributed by atoms with Crippen LogP contribution in [0.25, 0.3) is 0 Å². The molecule has 2 aliphatic heterocycles. The average Bonchev–Trinajstić information content (AvgIpc) is 3.13. The van der Waals surface area contributed by atoms with Gasteiger partial charge >= 0.3 is 0 Å². The molecular weight excluding hydrogens is 376 g/mol. The molecule has 2 aromatic rings. The van der Waals surface area contributed by atoms with Crippen molar-refractivity contribution in [3.63, 3.8) is 0 Å². The number of nitrogens with zero attached hydrogens (tertiary/aromatic N) is 1. The average molecular weight is 389 g/mol. The number of hydrogen-bond donors (Lipinski definition) is 2. The first-order valence-corrected chi connectivity index (χ1v) is 8.86. The number of benzene rings is 2. The molecule has 0 spiro atoms. The molecular formula is C18H13F2N3O3S. The van der Waals surface area contributed by atoms with Gasteiger partial charge in [-0.15, -0.1) is 0 Å². The summed E-state index contributed by atoms with van der Waals surface area (Å²) in [6.45, 7) is 0. The number of anilines is 2. The smallest absolute Gasteiger partial charge is 0.261 e. The van der Waals surface area contributed by atoms with Gasteiger partial charge in [-0.05, 0) is 24.6 Å². The molecule has 1 fully saturated rings. The first-order valence-electron chi connectivity index (χ1n) is 8.05. The van der Waals surface area contributed by atoms with Crippen molar-refractivity contribution in [3.8, 4) is 0 Å². The Morgan fingerprint density at radius 3 is 2.67 bits per heavy atom. The van der Waals surface area contributed by atoms with Gasteiger partial charge in [-0.3, -0.25) is 19.3 Å². The normalized spacial score (nSPS) is 20.4. The lowest BCUT2D eigenvalue weighted by Crippen LogP contribution is -2.49. The molecule has 0 unspecified atom stereocenters. The van der Waals surface area contributed by atoms with Crippen LogP contribution in [0.4, 0.5) is 20.2 Å². The molecule has 0 saturated carbocycles. The number of rotatable bonds is 3. The van der Waals surface area contributed by atoms with Gasteiger partial charge in [-0.25, -0.2) is 8.78 Å². The summed E-state index contributed by atoms with van der Waals surface area (Å²) in [5.74, 6) is -4.08. The summed E-state index contributed by atoms with van der Waals surface area (Å²) in [5, 5.41) is 2.39. The number of carbonyl (C=O) groups is 3. The third kappa shape index (κ3) is 2.57. The van der Waals surface area contributed by atoms with E-state index in [1.54, 1.807) is 24.3 Å². The Morgan fingerprint density at radius 1 is 1.19 bits per heavy atom. The van der Waals surface area contributed by atoms with E-state index in [2.05, 4.69) is 5.32 Å². The van der Waals surface area contributed by atoms with Crippen LogP contribution in [0.2, 0.25) is 0 Å². The zero-order chi connectivity index (χ0) is 19.3. The minimum atomic E-state index is -1.26. The van der Waals surface area contributed by atoms with E-state index in [1.165, 1.54) is 16.7 Å². The summed E-state index contributed by atoms with van der Waals surface area (Å²) in [6.07, 6.45) is 0.412. The molecule has 27 heavy (non-hydrogen) atoms. The SMILES string of the molecule is NC(=O)c1cc(NC(=O)[C@]23CCC(=O)N2c2ccccc2S3)c(F)cc1F. The summed E-state index contributed by atoms with van der Waals surface area (Å²) in [7, 11) is 0. The Kier molecular flexibility index (Phi) is 3.92. The number of hydrogen-bond acceptors (Lipinski definition) is 4. The quantitative estimate of drug-likeness (QED) is 0.844. The number of nitrogens with one attached hydrogen (secondary N) is 1. The third-order valence-corrected chi connectivity index (χ3v) is 6.07. The standard InChI is InChI=1S/C18H13F2N3O3S/c19-10-8-11(20)12(7-9(10)16(21)25)22-17(26)18-6-5-15(24)23(18)13-3-1-2-4-14(13)27-18/h1-4,7-8H,5-6H2,(H2,21,25)(H,22,26)/t18-/m1/s1. The van der Waals surface area contributed by atoms with Crippen LogP contribution >= 0.6 is 11.8 Å². The molecule has 0 radical (unpaired) electrons. The Morgan fingerprint density at radius 2 is 1.93 bits per heavy atom. The van der Waals surface area contributed by atoms with Gasteiger partial charge in [0.05, 0.1) is 16.9 Å². The number of primary amides is 1. The van der Waals surface area contributed by atoms with E-state index in [9.17, 15) is 23.2 Å². The Bertz CT molecular complexity index is 1010. The molecule has 1 atom stereocenters. The molecule has 4 rings (SSSR count). The van der Waals surface area contributed by atoms with Crippen molar-refractivity contribution in [1.29, 1.82) is 0 Å². The van der Waals surface area contributed by atoms with E-state index < -0.39 is 33.9 Å². The van der Waals surface area contributed by atoms with Gasteiger partial charge in [0.25, 0.3) is 11.8 Å². The Labute approximate surface area is 156 Å². The van der Waals surface area contributed by atoms with Gasteiger partial charge in [-0.2, -0.15) is 0 Å². The van der Waals surface area contributed by atoms with Crippen molar-refractivity contribution in [2.75, 3.05) is 10.2 Å². The summed E-state index contributed by atoms with van der Waals surface area (Å²) >= 11 is 1.21. The molecule has 2 aromatic carbocycles. The van der Waals surface area contributed by atoms with Crippen LogP contribution in [0, 0.1) is 11.6 Å². The molecule has 0 aromatic heterocycles. The highest BCUT2D eigenvalue weighted by Gasteiger charge is 2.57. The zero-order valence-corrected chi connectivity index (χ0v) is 14.6. The van der Waals surface area contributed by atoms with Gasteiger partial charge in [0.2, 0.25) is 5.91 Å². The summed E-state index contributed by atoms with van der Waals surface area (Å²) in [5.41, 5.74) is 4.79. The maximum atomic E-state index is 14.1. The number of carbonyl (C=O) groups excluding carboxylic acids is 3. The zero-order valence-electron chi connectivity index (χ0n) is 13.8. The second kappa shape index (κ2) is 6.05. The van der Waals surface area contributed by atoms with Crippen LogP contribution in [0.15, 0.2) is 41.3 Å². The molecule has 1 saturated heterocycles. The summed E-state index contributed by atoms with van der Waals surface area (Å²) in [4.78, 5) is 37.6. The fourth-order valence-electron chi connectivity index (χ4n) is 3.35. The van der Waals surface area contributed by atoms with Gasteiger partial charge in [-0.1, -0.05) is 23.9 Å². The van der Waals surface area contributed by atoms with Crippen LogP contribution in [-0.4, -0.2) is 22.6 Å². The molecule has 0 bridgehead atoms. The molecule has 3 N–H and O–H groups in total. The van der Waals surface area contributed by atoms with Crippen molar-refractivity contribution in [1.82, 2.24) is 0 Å². The first kappa shape index (κ1) is 17.5. The van der Waals surface area contributed by atoms with E-state index in [-0.39, 0.29) is 24.4 Å². The third-order valence-electron chi connectivity index (χ3n) is 4.60. The van der Waals surface area contributed by atoms with Gasteiger partial charge in [0.1, 0.15) is 11.6 Å². The molecule has 6 nitrogen and oxygen atoms in total. The molecule has 0 aliphatic carbocycles. The van der Waals surface area contributed by atoms with Gasteiger partial charge < -0.3 is 11.1 Å². The summed E-state index contributed by atoms with van der Waals surface area (Å²) < 4.78 is 27.8. The van der Waals surface area contributed by atoms with E-state index in [0.717, 1.165) is 11.0 Å². The van der Waals surface area contributed by atoms with Gasteiger partial charge in [0, 0.05) is 17.4 Å². The van der Waals surface area contributed by atoms with Crippen LogP contribution in [-0.2, 0) is 9.59 Å². The largest absolute Gasteiger partial charge is 0.366 e. The first-order chi connectivity index (χ1) is 12.8. The Hall–Kier alpha value is -2.94. The highest BCUT2D eigenvalue weighted by atomic mass is 32.2. The minimum absolute atomic E-state index is 0.174.